The SMILES string of the molecule is COc1ccc(N2C(=O)C(=O)/C(=C(\O)c3ccccc3)C2c2sccc2C)cc1OC. The van der Waals surface area contributed by atoms with Gasteiger partial charge in [-0.2, -0.15) is 0 Å². The van der Waals surface area contributed by atoms with Crippen LogP contribution in [0, 0.1) is 6.92 Å². The minimum atomic E-state index is -0.752. The number of benzene rings is 2. The highest BCUT2D eigenvalue weighted by Crippen LogP contribution is 2.46. The lowest BCUT2D eigenvalue weighted by Gasteiger charge is -2.25. The Labute approximate surface area is 184 Å². The van der Waals surface area contributed by atoms with Crippen LogP contribution in [0.25, 0.3) is 5.76 Å². The second-order valence-corrected chi connectivity index (χ2v) is 7.99. The molecule has 3 aromatic rings. The monoisotopic (exact) mass is 435 g/mol. The smallest absolute Gasteiger partial charge is 0.300 e. The summed E-state index contributed by atoms with van der Waals surface area (Å²) in [4.78, 5) is 28.6. The third kappa shape index (κ3) is 3.47. The van der Waals surface area contributed by atoms with E-state index in [-0.39, 0.29) is 11.3 Å². The molecule has 1 aliphatic heterocycles. The molecular weight excluding hydrogens is 414 g/mol. The first-order chi connectivity index (χ1) is 15.0. The molecule has 1 unspecified atom stereocenters. The van der Waals surface area contributed by atoms with Gasteiger partial charge in [0.15, 0.2) is 11.5 Å². The lowest BCUT2D eigenvalue weighted by Crippen LogP contribution is -2.29. The van der Waals surface area contributed by atoms with Gasteiger partial charge in [-0.1, -0.05) is 30.3 Å². The Balaban J connectivity index is 1.94. The zero-order chi connectivity index (χ0) is 22.1. The molecule has 1 N–H and O–H groups in total. The van der Waals surface area contributed by atoms with Crippen molar-refractivity contribution < 1.29 is 24.2 Å². The highest BCUT2D eigenvalue weighted by molar-refractivity contribution is 7.10. The van der Waals surface area contributed by atoms with Gasteiger partial charge in [0.2, 0.25) is 0 Å². The second-order valence-electron chi connectivity index (χ2n) is 7.04. The molecule has 1 fully saturated rings. The molecule has 158 valence electrons. The normalized spacial score (nSPS) is 17.8. The van der Waals surface area contributed by atoms with E-state index in [1.165, 1.54) is 30.5 Å². The number of hydrogen-bond acceptors (Lipinski definition) is 6. The third-order valence-corrected chi connectivity index (χ3v) is 6.36. The van der Waals surface area contributed by atoms with E-state index < -0.39 is 17.7 Å². The van der Waals surface area contributed by atoms with Crippen LogP contribution in [0.3, 0.4) is 0 Å². The largest absolute Gasteiger partial charge is 0.507 e. The van der Waals surface area contributed by atoms with Crippen molar-refractivity contribution in [3.63, 3.8) is 0 Å². The Morgan fingerprint density at radius 3 is 2.32 bits per heavy atom. The molecule has 6 nitrogen and oxygen atoms in total. The zero-order valence-electron chi connectivity index (χ0n) is 17.3. The van der Waals surface area contributed by atoms with E-state index in [1.54, 1.807) is 42.5 Å². The summed E-state index contributed by atoms with van der Waals surface area (Å²) in [5, 5.41) is 13.0. The number of nitrogens with zero attached hydrogens (tertiary/aromatic N) is 1. The van der Waals surface area contributed by atoms with Crippen LogP contribution < -0.4 is 14.4 Å². The highest BCUT2D eigenvalue weighted by atomic mass is 32.1. The van der Waals surface area contributed by atoms with E-state index in [0.29, 0.717) is 22.7 Å². The maximum absolute atomic E-state index is 13.2. The third-order valence-electron chi connectivity index (χ3n) is 5.29. The maximum atomic E-state index is 13.2. The molecule has 7 heteroatoms. The summed E-state index contributed by atoms with van der Waals surface area (Å²) in [6.45, 7) is 1.92. The molecule has 1 saturated heterocycles. The van der Waals surface area contributed by atoms with Gasteiger partial charge in [-0.15, -0.1) is 11.3 Å². The lowest BCUT2D eigenvalue weighted by atomic mass is 9.98. The Morgan fingerprint density at radius 1 is 1.00 bits per heavy atom. The van der Waals surface area contributed by atoms with Crippen LogP contribution in [0.2, 0.25) is 0 Å². The first-order valence-corrected chi connectivity index (χ1v) is 10.5. The number of ether oxygens (including phenoxy) is 2. The van der Waals surface area contributed by atoms with Crippen molar-refractivity contribution in [3.05, 3.63) is 81.6 Å². The Kier molecular flexibility index (Phi) is 5.52. The van der Waals surface area contributed by atoms with Gasteiger partial charge in [0.05, 0.1) is 19.8 Å². The first-order valence-electron chi connectivity index (χ1n) is 9.60. The lowest BCUT2D eigenvalue weighted by molar-refractivity contribution is -0.132. The quantitative estimate of drug-likeness (QED) is 0.357. The van der Waals surface area contributed by atoms with Gasteiger partial charge < -0.3 is 14.6 Å². The van der Waals surface area contributed by atoms with Gasteiger partial charge >= 0.3 is 0 Å². The molecule has 31 heavy (non-hydrogen) atoms. The van der Waals surface area contributed by atoms with Crippen molar-refractivity contribution >= 4 is 34.5 Å². The average Bonchev–Trinajstić information content (AvgIpc) is 3.33. The fraction of sp³-hybridized carbons (Fsp3) is 0.167. The average molecular weight is 436 g/mol. The van der Waals surface area contributed by atoms with E-state index in [9.17, 15) is 14.7 Å². The molecule has 1 amide bonds. The Hall–Kier alpha value is -3.58. The summed E-state index contributed by atoms with van der Waals surface area (Å²) < 4.78 is 10.7. The number of carbonyl (C=O) groups excluding carboxylic acids is 2. The van der Waals surface area contributed by atoms with Crippen molar-refractivity contribution in [1.29, 1.82) is 0 Å². The number of aryl methyl sites for hydroxylation is 1. The van der Waals surface area contributed by atoms with Gasteiger partial charge in [0, 0.05) is 22.2 Å². The molecule has 4 rings (SSSR count). The van der Waals surface area contributed by atoms with Crippen molar-refractivity contribution in [1.82, 2.24) is 0 Å². The second kappa shape index (κ2) is 8.28. The van der Waals surface area contributed by atoms with Gasteiger partial charge in [0.1, 0.15) is 11.8 Å². The van der Waals surface area contributed by atoms with Gasteiger partial charge in [-0.05, 0) is 36.1 Å². The summed E-state index contributed by atoms with van der Waals surface area (Å²) >= 11 is 1.44. The molecule has 0 aliphatic carbocycles. The van der Waals surface area contributed by atoms with Crippen LogP contribution in [0.4, 0.5) is 5.69 Å². The summed E-state index contributed by atoms with van der Waals surface area (Å²) in [6, 6.07) is 15.0. The predicted molar refractivity (Wildman–Crippen MR) is 120 cm³/mol. The molecule has 0 radical (unpaired) electrons. The van der Waals surface area contributed by atoms with E-state index >= 15 is 0 Å². The molecule has 0 bridgehead atoms. The fourth-order valence-electron chi connectivity index (χ4n) is 3.74. The van der Waals surface area contributed by atoms with E-state index in [2.05, 4.69) is 0 Å². The standard InChI is InChI=1S/C24H21NO5S/c1-14-11-12-31-23(14)20-19(21(26)15-7-5-4-6-8-15)22(27)24(28)25(20)16-9-10-17(29-2)18(13-16)30-3/h4-13,20,26H,1-3H3/b21-19-. The molecule has 1 aliphatic rings. The molecule has 2 aromatic carbocycles. The molecule has 0 saturated carbocycles. The summed E-state index contributed by atoms with van der Waals surface area (Å²) in [5.74, 6) is -0.682. The van der Waals surface area contributed by atoms with Crippen molar-refractivity contribution in [2.45, 2.75) is 13.0 Å². The van der Waals surface area contributed by atoms with Crippen molar-refractivity contribution in [2.75, 3.05) is 19.1 Å². The number of ketones is 1. The number of amides is 1. The topological polar surface area (TPSA) is 76.1 Å². The molecule has 0 spiro atoms. The highest BCUT2D eigenvalue weighted by Gasteiger charge is 2.48. The molecule has 1 atom stereocenters. The number of aliphatic hydroxyl groups is 1. The number of thiophene rings is 1. The Bertz CT molecular complexity index is 1180. The molecule has 1 aromatic heterocycles. The molecular formula is C24H21NO5S. The van der Waals surface area contributed by atoms with Crippen LogP contribution in [-0.2, 0) is 9.59 Å². The number of anilines is 1. The summed E-state index contributed by atoms with van der Waals surface area (Å²) in [6.07, 6.45) is 0. The van der Waals surface area contributed by atoms with Gasteiger partial charge in [0.25, 0.3) is 11.7 Å². The van der Waals surface area contributed by atoms with Crippen LogP contribution in [-0.4, -0.2) is 31.0 Å². The predicted octanol–water partition coefficient (Wildman–Crippen LogP) is 4.70. The molecule has 2 heterocycles. The van der Waals surface area contributed by atoms with Crippen molar-refractivity contribution in [3.8, 4) is 11.5 Å². The maximum Gasteiger partial charge on any atom is 0.300 e. The van der Waals surface area contributed by atoms with Gasteiger partial charge in [-0.25, -0.2) is 0 Å². The number of carbonyl (C=O) groups is 2. The fourth-order valence-corrected chi connectivity index (χ4v) is 4.76. The van der Waals surface area contributed by atoms with Crippen LogP contribution in [0.5, 0.6) is 11.5 Å². The summed E-state index contributed by atoms with van der Waals surface area (Å²) in [7, 11) is 3.03. The number of Topliss-reactive ketones (excluding diaryl/α,β-unsaturated/α-hetero) is 1. The van der Waals surface area contributed by atoms with Gasteiger partial charge in [-0.3, -0.25) is 14.5 Å². The van der Waals surface area contributed by atoms with E-state index in [0.717, 1.165) is 10.4 Å². The van der Waals surface area contributed by atoms with Crippen LogP contribution in [0.15, 0.2) is 65.6 Å². The van der Waals surface area contributed by atoms with Crippen molar-refractivity contribution in [2.24, 2.45) is 0 Å². The number of hydrogen-bond donors (Lipinski definition) is 1. The number of rotatable bonds is 5. The number of aliphatic hydroxyl groups excluding tert-OH is 1. The minimum absolute atomic E-state index is 0.0662. The summed E-state index contributed by atoms with van der Waals surface area (Å²) in [5.41, 5.74) is 1.95. The van der Waals surface area contributed by atoms with Crippen LogP contribution in [0.1, 0.15) is 22.0 Å². The van der Waals surface area contributed by atoms with Crippen LogP contribution >= 0.6 is 11.3 Å². The zero-order valence-corrected chi connectivity index (χ0v) is 18.1. The van der Waals surface area contributed by atoms with E-state index in [4.69, 9.17) is 9.47 Å². The number of methoxy groups -OCH3 is 2. The van der Waals surface area contributed by atoms with E-state index in [1.807, 2.05) is 24.4 Å². The first kappa shape index (κ1) is 20.7. The minimum Gasteiger partial charge on any atom is -0.507 e. The Morgan fingerprint density at radius 2 is 1.71 bits per heavy atom.